The number of aromatic nitrogens is 1. The smallest absolute Gasteiger partial charge is 0.257 e. The summed E-state index contributed by atoms with van der Waals surface area (Å²) in [6, 6.07) is 9.67. The normalized spacial score (nSPS) is 16.4. The molecule has 0 saturated carbocycles. The number of anilines is 1. The van der Waals surface area contributed by atoms with E-state index >= 15 is 0 Å². The average molecular weight is 289 g/mol. The van der Waals surface area contributed by atoms with E-state index < -0.39 is 0 Å². The zero-order valence-corrected chi connectivity index (χ0v) is 12.2. The summed E-state index contributed by atoms with van der Waals surface area (Å²) in [5.74, 6) is 3.26. The fourth-order valence-corrected chi connectivity index (χ4v) is 3.46. The van der Waals surface area contributed by atoms with Crippen LogP contribution in [-0.4, -0.2) is 47.6 Å². The number of aromatic amines is 1. The monoisotopic (exact) mass is 289 g/mol. The van der Waals surface area contributed by atoms with Crippen LogP contribution in [0.4, 0.5) is 5.82 Å². The molecule has 2 aromatic rings. The van der Waals surface area contributed by atoms with Gasteiger partial charge in [-0.25, -0.2) is 0 Å². The van der Waals surface area contributed by atoms with E-state index in [1.807, 2.05) is 42.1 Å². The first-order valence-corrected chi connectivity index (χ1v) is 8.14. The second kappa shape index (κ2) is 6.33. The molecule has 0 spiro atoms. The first-order valence-electron chi connectivity index (χ1n) is 6.99. The molecule has 0 amide bonds. The highest BCUT2D eigenvalue weighted by Crippen LogP contribution is 2.13. The summed E-state index contributed by atoms with van der Waals surface area (Å²) in [5.41, 5.74) is -0.0278. The number of hydrogen-bond acceptors (Lipinski definition) is 4. The van der Waals surface area contributed by atoms with Crippen LogP contribution in [0.15, 0.2) is 35.1 Å². The van der Waals surface area contributed by atoms with E-state index in [-0.39, 0.29) is 5.56 Å². The maximum Gasteiger partial charge on any atom is 0.257 e. The van der Waals surface area contributed by atoms with Crippen LogP contribution in [0.1, 0.15) is 0 Å². The van der Waals surface area contributed by atoms with Gasteiger partial charge in [-0.15, -0.1) is 0 Å². The van der Waals surface area contributed by atoms with Crippen molar-refractivity contribution < 1.29 is 0 Å². The molecule has 1 aliphatic heterocycles. The number of benzene rings is 1. The van der Waals surface area contributed by atoms with Gasteiger partial charge in [0.1, 0.15) is 5.82 Å². The molecule has 2 N–H and O–H groups in total. The molecule has 3 rings (SSSR count). The Morgan fingerprint density at radius 1 is 1.25 bits per heavy atom. The van der Waals surface area contributed by atoms with E-state index in [0.29, 0.717) is 0 Å². The van der Waals surface area contributed by atoms with Crippen molar-refractivity contribution in [1.82, 2.24) is 9.88 Å². The standard InChI is InChI=1S/C15H19N3OS/c19-15-13-4-2-1-3-12(13)11-14(17-15)16-5-6-18-7-9-20-10-8-18/h1-4,11H,5-10H2,(H2,16,17,19). The second-order valence-corrected chi connectivity index (χ2v) is 6.20. The summed E-state index contributed by atoms with van der Waals surface area (Å²) in [6.07, 6.45) is 0. The fraction of sp³-hybridized carbons (Fsp3) is 0.400. The van der Waals surface area contributed by atoms with Gasteiger partial charge in [0.25, 0.3) is 5.56 Å². The van der Waals surface area contributed by atoms with E-state index in [1.54, 1.807) is 0 Å². The molecule has 4 nitrogen and oxygen atoms in total. The van der Waals surface area contributed by atoms with E-state index in [1.165, 1.54) is 24.6 Å². The molecule has 1 aromatic heterocycles. The molecule has 2 heterocycles. The summed E-state index contributed by atoms with van der Waals surface area (Å²) in [7, 11) is 0. The third-order valence-electron chi connectivity index (χ3n) is 3.60. The van der Waals surface area contributed by atoms with Crippen LogP contribution in [0, 0.1) is 0 Å². The Bertz CT molecular complexity index is 634. The van der Waals surface area contributed by atoms with Crippen LogP contribution in [0.25, 0.3) is 10.8 Å². The zero-order chi connectivity index (χ0) is 13.8. The van der Waals surface area contributed by atoms with Crippen molar-refractivity contribution in [3.05, 3.63) is 40.7 Å². The molecule has 106 valence electrons. The molecule has 0 unspecified atom stereocenters. The van der Waals surface area contributed by atoms with Crippen molar-refractivity contribution in [1.29, 1.82) is 0 Å². The molecule has 0 aliphatic carbocycles. The van der Waals surface area contributed by atoms with Gasteiger partial charge in [0.2, 0.25) is 0 Å². The Morgan fingerprint density at radius 2 is 2.05 bits per heavy atom. The molecule has 20 heavy (non-hydrogen) atoms. The number of pyridine rings is 1. The predicted molar refractivity (Wildman–Crippen MR) is 86.8 cm³/mol. The van der Waals surface area contributed by atoms with E-state index in [9.17, 15) is 4.79 Å². The third kappa shape index (κ3) is 3.16. The maximum atomic E-state index is 12.0. The molecule has 1 saturated heterocycles. The number of H-pyrrole nitrogens is 1. The highest BCUT2D eigenvalue weighted by atomic mass is 32.2. The Morgan fingerprint density at radius 3 is 2.90 bits per heavy atom. The molecule has 0 atom stereocenters. The topological polar surface area (TPSA) is 48.1 Å². The first kappa shape index (κ1) is 13.5. The lowest BCUT2D eigenvalue weighted by Gasteiger charge is -2.26. The van der Waals surface area contributed by atoms with Crippen molar-refractivity contribution in [2.75, 3.05) is 43.0 Å². The lowest BCUT2D eigenvalue weighted by Crippen LogP contribution is -2.36. The van der Waals surface area contributed by atoms with Crippen LogP contribution in [-0.2, 0) is 0 Å². The molecule has 1 aromatic carbocycles. The third-order valence-corrected chi connectivity index (χ3v) is 4.54. The molecule has 0 bridgehead atoms. The van der Waals surface area contributed by atoms with Crippen LogP contribution in [0.3, 0.4) is 0 Å². The fourth-order valence-electron chi connectivity index (χ4n) is 2.48. The van der Waals surface area contributed by atoms with Crippen molar-refractivity contribution in [3.63, 3.8) is 0 Å². The molecule has 1 aliphatic rings. The SMILES string of the molecule is O=c1[nH]c(NCCN2CCSCC2)cc2ccccc12. The Labute approximate surface area is 122 Å². The van der Waals surface area contributed by atoms with E-state index in [2.05, 4.69) is 15.2 Å². The molecule has 1 fully saturated rings. The predicted octanol–water partition coefficient (Wildman–Crippen LogP) is 1.99. The van der Waals surface area contributed by atoms with Gasteiger partial charge in [-0.1, -0.05) is 18.2 Å². The first-order chi connectivity index (χ1) is 9.83. The van der Waals surface area contributed by atoms with Crippen molar-refractivity contribution in [2.24, 2.45) is 0 Å². The number of nitrogens with one attached hydrogen (secondary N) is 2. The van der Waals surface area contributed by atoms with E-state index in [4.69, 9.17) is 0 Å². The number of thioether (sulfide) groups is 1. The van der Waals surface area contributed by atoms with E-state index in [0.717, 1.165) is 29.7 Å². The van der Waals surface area contributed by atoms with Gasteiger partial charge in [0, 0.05) is 43.1 Å². The second-order valence-electron chi connectivity index (χ2n) is 4.98. The molecule has 5 heteroatoms. The van der Waals surface area contributed by atoms with Gasteiger partial charge in [-0.2, -0.15) is 11.8 Å². The quantitative estimate of drug-likeness (QED) is 0.904. The van der Waals surface area contributed by atoms with Crippen LogP contribution in [0.2, 0.25) is 0 Å². The van der Waals surface area contributed by atoms with Crippen molar-refractivity contribution in [2.45, 2.75) is 0 Å². The molecule has 0 radical (unpaired) electrons. The lowest BCUT2D eigenvalue weighted by molar-refractivity contribution is 0.314. The van der Waals surface area contributed by atoms with Crippen LogP contribution < -0.4 is 10.9 Å². The minimum atomic E-state index is -0.0278. The highest BCUT2D eigenvalue weighted by molar-refractivity contribution is 7.99. The van der Waals surface area contributed by atoms with Crippen LogP contribution in [0.5, 0.6) is 0 Å². The summed E-state index contributed by atoms with van der Waals surface area (Å²) < 4.78 is 0. The maximum absolute atomic E-state index is 12.0. The van der Waals surface area contributed by atoms with Crippen molar-refractivity contribution in [3.8, 4) is 0 Å². The largest absolute Gasteiger partial charge is 0.370 e. The number of fused-ring (bicyclic) bond motifs is 1. The lowest BCUT2D eigenvalue weighted by atomic mass is 10.2. The zero-order valence-electron chi connectivity index (χ0n) is 11.4. The Kier molecular flexibility index (Phi) is 4.28. The number of rotatable bonds is 4. The molecular formula is C15H19N3OS. The number of nitrogens with zero attached hydrogens (tertiary/aromatic N) is 1. The van der Waals surface area contributed by atoms with Gasteiger partial charge >= 0.3 is 0 Å². The van der Waals surface area contributed by atoms with Crippen LogP contribution >= 0.6 is 11.8 Å². The van der Waals surface area contributed by atoms with Gasteiger partial charge in [0.15, 0.2) is 0 Å². The minimum absolute atomic E-state index is 0.0278. The summed E-state index contributed by atoms with van der Waals surface area (Å²) >= 11 is 2.02. The summed E-state index contributed by atoms with van der Waals surface area (Å²) in [6.45, 7) is 4.22. The summed E-state index contributed by atoms with van der Waals surface area (Å²) in [5, 5.41) is 5.04. The Hall–Kier alpha value is -1.46. The highest BCUT2D eigenvalue weighted by Gasteiger charge is 2.09. The number of hydrogen-bond donors (Lipinski definition) is 2. The van der Waals surface area contributed by atoms with Gasteiger partial charge in [-0.05, 0) is 17.5 Å². The Balaban J connectivity index is 1.64. The average Bonchev–Trinajstić information content (AvgIpc) is 2.48. The minimum Gasteiger partial charge on any atom is -0.370 e. The van der Waals surface area contributed by atoms with Gasteiger partial charge in [-0.3, -0.25) is 9.69 Å². The van der Waals surface area contributed by atoms with Crippen molar-refractivity contribution >= 4 is 28.4 Å². The van der Waals surface area contributed by atoms with Gasteiger partial charge < -0.3 is 10.3 Å². The molecular weight excluding hydrogens is 270 g/mol. The van der Waals surface area contributed by atoms with Gasteiger partial charge in [0.05, 0.1) is 0 Å². The summed E-state index contributed by atoms with van der Waals surface area (Å²) in [4.78, 5) is 17.3.